The molecule has 0 aliphatic heterocycles. The van der Waals surface area contributed by atoms with Gasteiger partial charge in [-0.05, 0) is 75.7 Å². The number of aromatic nitrogens is 2. The highest BCUT2D eigenvalue weighted by molar-refractivity contribution is 5.16. The second-order valence-corrected chi connectivity index (χ2v) is 7.81. The average molecular weight is 289 g/mol. The standard InChI is InChI=1S/C17H27N3O/c18-5-3-1-2-4-15-19-16(20-21-15)17-9-12-6-13(10-17)8-14(7-12)11-17/h12-14H,1-11,18H2. The molecule has 1 aromatic heterocycles. The summed E-state index contributed by atoms with van der Waals surface area (Å²) in [6, 6.07) is 0. The predicted molar refractivity (Wildman–Crippen MR) is 80.8 cm³/mol. The smallest absolute Gasteiger partial charge is 0.226 e. The van der Waals surface area contributed by atoms with Gasteiger partial charge in [0.1, 0.15) is 0 Å². The van der Waals surface area contributed by atoms with Crippen LogP contribution in [0.3, 0.4) is 0 Å². The van der Waals surface area contributed by atoms with E-state index >= 15 is 0 Å². The van der Waals surface area contributed by atoms with Crippen molar-refractivity contribution in [2.24, 2.45) is 23.5 Å². The summed E-state index contributed by atoms with van der Waals surface area (Å²) in [5.41, 5.74) is 5.80. The first-order chi connectivity index (χ1) is 10.3. The largest absolute Gasteiger partial charge is 0.339 e. The number of aryl methyl sites for hydroxylation is 1. The highest BCUT2D eigenvalue weighted by atomic mass is 16.5. The fourth-order valence-corrected chi connectivity index (χ4v) is 5.55. The van der Waals surface area contributed by atoms with Gasteiger partial charge in [-0.15, -0.1) is 0 Å². The minimum Gasteiger partial charge on any atom is -0.339 e. The van der Waals surface area contributed by atoms with Gasteiger partial charge in [-0.25, -0.2) is 0 Å². The molecule has 4 fully saturated rings. The third kappa shape index (κ3) is 2.52. The third-order valence-electron chi connectivity index (χ3n) is 6.08. The molecule has 0 amide bonds. The molecule has 0 unspecified atom stereocenters. The molecular weight excluding hydrogens is 262 g/mol. The highest BCUT2D eigenvalue weighted by Crippen LogP contribution is 2.60. The Hall–Kier alpha value is -0.900. The van der Waals surface area contributed by atoms with Crippen LogP contribution in [0.25, 0.3) is 0 Å². The summed E-state index contributed by atoms with van der Waals surface area (Å²) in [7, 11) is 0. The van der Waals surface area contributed by atoms with Crippen molar-refractivity contribution in [3.8, 4) is 0 Å². The van der Waals surface area contributed by atoms with Crippen LogP contribution in [0.2, 0.25) is 0 Å². The van der Waals surface area contributed by atoms with Crippen LogP contribution in [-0.2, 0) is 11.8 Å². The summed E-state index contributed by atoms with van der Waals surface area (Å²) in [5, 5.41) is 4.39. The Morgan fingerprint density at radius 3 is 2.29 bits per heavy atom. The highest BCUT2D eigenvalue weighted by Gasteiger charge is 2.53. The summed E-state index contributed by atoms with van der Waals surface area (Å²) in [6.45, 7) is 0.780. The second kappa shape index (κ2) is 5.38. The molecule has 1 heterocycles. The van der Waals surface area contributed by atoms with Crippen LogP contribution in [0.5, 0.6) is 0 Å². The Bertz CT molecular complexity index is 461. The Morgan fingerprint density at radius 2 is 1.67 bits per heavy atom. The lowest BCUT2D eigenvalue weighted by Crippen LogP contribution is -2.49. The molecule has 4 aliphatic carbocycles. The van der Waals surface area contributed by atoms with E-state index < -0.39 is 0 Å². The molecule has 0 aromatic carbocycles. The molecule has 0 atom stereocenters. The van der Waals surface area contributed by atoms with Gasteiger partial charge in [-0.3, -0.25) is 0 Å². The Labute approximate surface area is 126 Å². The van der Waals surface area contributed by atoms with Crippen LogP contribution < -0.4 is 5.73 Å². The minimum absolute atomic E-state index is 0.272. The minimum atomic E-state index is 0.272. The van der Waals surface area contributed by atoms with Gasteiger partial charge in [0.2, 0.25) is 5.89 Å². The van der Waals surface area contributed by atoms with Crippen molar-refractivity contribution in [1.29, 1.82) is 0 Å². The molecule has 4 aliphatic rings. The van der Waals surface area contributed by atoms with E-state index in [4.69, 9.17) is 15.2 Å². The van der Waals surface area contributed by atoms with E-state index in [1.807, 2.05) is 0 Å². The van der Waals surface area contributed by atoms with Crippen molar-refractivity contribution in [2.75, 3.05) is 6.54 Å². The molecule has 21 heavy (non-hydrogen) atoms. The van der Waals surface area contributed by atoms with Gasteiger partial charge in [0, 0.05) is 11.8 Å². The van der Waals surface area contributed by atoms with Gasteiger partial charge in [0.15, 0.2) is 5.82 Å². The molecule has 2 N–H and O–H groups in total. The van der Waals surface area contributed by atoms with Crippen molar-refractivity contribution in [3.05, 3.63) is 11.7 Å². The second-order valence-electron chi connectivity index (χ2n) is 7.81. The maximum atomic E-state index is 5.54. The van der Waals surface area contributed by atoms with E-state index in [0.29, 0.717) is 0 Å². The monoisotopic (exact) mass is 289 g/mol. The zero-order valence-corrected chi connectivity index (χ0v) is 12.9. The zero-order chi connectivity index (χ0) is 14.3. The quantitative estimate of drug-likeness (QED) is 0.817. The summed E-state index contributed by atoms with van der Waals surface area (Å²) in [4.78, 5) is 4.79. The number of hydrogen-bond acceptors (Lipinski definition) is 4. The molecular formula is C17H27N3O. The molecule has 0 radical (unpaired) electrons. The van der Waals surface area contributed by atoms with Crippen LogP contribution >= 0.6 is 0 Å². The lowest BCUT2D eigenvalue weighted by Gasteiger charge is -2.55. The van der Waals surface area contributed by atoms with Gasteiger partial charge < -0.3 is 10.3 Å². The molecule has 4 nitrogen and oxygen atoms in total. The molecule has 116 valence electrons. The number of hydrogen-bond donors (Lipinski definition) is 1. The van der Waals surface area contributed by atoms with Crippen molar-refractivity contribution in [1.82, 2.24) is 10.1 Å². The lowest BCUT2D eigenvalue weighted by atomic mass is 9.49. The number of rotatable bonds is 6. The molecule has 4 saturated carbocycles. The van der Waals surface area contributed by atoms with Crippen LogP contribution in [0.4, 0.5) is 0 Å². The predicted octanol–water partition coefficient (Wildman–Crippen LogP) is 3.21. The fraction of sp³-hybridized carbons (Fsp3) is 0.882. The van der Waals surface area contributed by atoms with Gasteiger partial charge in [-0.1, -0.05) is 11.6 Å². The van der Waals surface area contributed by atoms with Crippen LogP contribution in [0, 0.1) is 17.8 Å². The Kier molecular flexibility index (Phi) is 3.52. The van der Waals surface area contributed by atoms with E-state index in [1.54, 1.807) is 0 Å². The molecule has 5 rings (SSSR count). The summed E-state index contributed by atoms with van der Waals surface area (Å²) in [6.07, 6.45) is 12.6. The number of nitrogens with two attached hydrogens (primary N) is 1. The van der Waals surface area contributed by atoms with E-state index in [2.05, 4.69) is 5.16 Å². The summed E-state index contributed by atoms with van der Waals surface area (Å²) in [5.74, 6) is 4.68. The van der Waals surface area contributed by atoms with E-state index in [0.717, 1.165) is 61.7 Å². The summed E-state index contributed by atoms with van der Waals surface area (Å²) < 4.78 is 5.54. The van der Waals surface area contributed by atoms with Crippen molar-refractivity contribution < 1.29 is 4.52 Å². The Morgan fingerprint density at radius 1 is 1.00 bits per heavy atom. The lowest BCUT2D eigenvalue weighted by molar-refractivity contribution is -0.0103. The van der Waals surface area contributed by atoms with E-state index in [-0.39, 0.29) is 5.41 Å². The first-order valence-electron chi connectivity index (χ1n) is 8.80. The van der Waals surface area contributed by atoms with Crippen molar-refractivity contribution >= 4 is 0 Å². The maximum absolute atomic E-state index is 5.54. The first kappa shape index (κ1) is 13.7. The normalized spacial score (nSPS) is 37.3. The third-order valence-corrected chi connectivity index (χ3v) is 6.08. The maximum Gasteiger partial charge on any atom is 0.226 e. The van der Waals surface area contributed by atoms with Crippen molar-refractivity contribution in [3.63, 3.8) is 0 Å². The molecule has 4 heteroatoms. The molecule has 0 saturated heterocycles. The van der Waals surface area contributed by atoms with Gasteiger partial charge >= 0.3 is 0 Å². The van der Waals surface area contributed by atoms with E-state index in [9.17, 15) is 0 Å². The van der Waals surface area contributed by atoms with Crippen LogP contribution in [-0.4, -0.2) is 16.7 Å². The van der Waals surface area contributed by atoms with Gasteiger partial charge in [0.25, 0.3) is 0 Å². The molecule has 1 aromatic rings. The van der Waals surface area contributed by atoms with Gasteiger partial charge in [-0.2, -0.15) is 4.98 Å². The number of unbranched alkanes of at least 4 members (excludes halogenated alkanes) is 2. The number of nitrogens with zero attached hydrogens (tertiary/aromatic N) is 2. The van der Waals surface area contributed by atoms with Crippen LogP contribution in [0.15, 0.2) is 4.52 Å². The van der Waals surface area contributed by atoms with Gasteiger partial charge in [0.05, 0.1) is 0 Å². The molecule has 0 spiro atoms. The SMILES string of the molecule is NCCCCCc1nc(C23CC4CC(CC(C4)C2)C3)no1. The van der Waals surface area contributed by atoms with Crippen molar-refractivity contribution in [2.45, 2.75) is 69.6 Å². The van der Waals surface area contributed by atoms with Crippen LogP contribution in [0.1, 0.15) is 69.5 Å². The zero-order valence-electron chi connectivity index (χ0n) is 12.9. The molecule has 4 bridgehead atoms. The topological polar surface area (TPSA) is 64.9 Å². The Balaban J connectivity index is 1.45. The fourth-order valence-electron chi connectivity index (χ4n) is 5.55. The first-order valence-corrected chi connectivity index (χ1v) is 8.80. The summed E-state index contributed by atoms with van der Waals surface area (Å²) >= 11 is 0. The average Bonchev–Trinajstić information content (AvgIpc) is 2.92. The van der Waals surface area contributed by atoms with E-state index in [1.165, 1.54) is 38.5 Å².